The molecule has 7 heteroatoms. The molecule has 3 aromatic rings. The van der Waals surface area contributed by atoms with Gasteiger partial charge >= 0.3 is 0 Å². The maximum absolute atomic E-state index is 13.2. The Morgan fingerprint density at radius 3 is 2.72 bits per heavy atom. The standard InChI is InChI=1S/C25H27N5O2/c1-17-9-10-26-21(11-17)12-18(2)29(3)25(32)20-13-22-24(27-14-20)28-15-23(31)30(22)16-19-7-5-4-6-8-19/h4-11,13-14,18H,12,15-16H2,1-3H3,(H,27,28). The van der Waals surface area contributed by atoms with E-state index in [2.05, 4.69) is 15.3 Å². The predicted molar refractivity (Wildman–Crippen MR) is 125 cm³/mol. The second-order valence-electron chi connectivity index (χ2n) is 8.20. The summed E-state index contributed by atoms with van der Waals surface area (Å²) in [5.74, 6) is 0.412. The summed E-state index contributed by atoms with van der Waals surface area (Å²) in [5.41, 5.74) is 4.18. The van der Waals surface area contributed by atoms with E-state index in [-0.39, 0.29) is 24.4 Å². The van der Waals surface area contributed by atoms with Crippen LogP contribution in [0.15, 0.2) is 60.9 Å². The molecular formula is C25H27N5O2. The molecule has 1 aliphatic rings. The average molecular weight is 430 g/mol. The van der Waals surface area contributed by atoms with Crippen LogP contribution in [0.2, 0.25) is 0 Å². The van der Waals surface area contributed by atoms with E-state index in [0.717, 1.165) is 16.8 Å². The summed E-state index contributed by atoms with van der Waals surface area (Å²) in [7, 11) is 1.79. The molecule has 1 atom stereocenters. The highest BCUT2D eigenvalue weighted by atomic mass is 16.2. The van der Waals surface area contributed by atoms with Gasteiger partial charge in [0.1, 0.15) is 0 Å². The van der Waals surface area contributed by atoms with Crippen LogP contribution in [0.3, 0.4) is 0 Å². The topological polar surface area (TPSA) is 78.4 Å². The number of aromatic nitrogens is 2. The fourth-order valence-electron chi connectivity index (χ4n) is 3.79. The number of anilines is 2. The molecule has 1 N–H and O–H groups in total. The highest BCUT2D eigenvalue weighted by Gasteiger charge is 2.27. The average Bonchev–Trinajstić information content (AvgIpc) is 2.80. The Kier molecular flexibility index (Phi) is 6.16. The minimum Gasteiger partial charge on any atom is -0.359 e. The molecule has 164 valence electrons. The van der Waals surface area contributed by atoms with Crippen molar-refractivity contribution in [3.8, 4) is 0 Å². The number of amides is 2. The van der Waals surface area contributed by atoms with E-state index in [0.29, 0.717) is 30.0 Å². The maximum Gasteiger partial charge on any atom is 0.255 e. The van der Waals surface area contributed by atoms with Crippen molar-refractivity contribution >= 4 is 23.3 Å². The first kappa shape index (κ1) is 21.5. The molecule has 1 aliphatic heterocycles. The van der Waals surface area contributed by atoms with Gasteiger partial charge in [0.05, 0.1) is 24.3 Å². The number of rotatable bonds is 6. The molecule has 4 rings (SSSR count). The third kappa shape index (κ3) is 4.61. The lowest BCUT2D eigenvalue weighted by Crippen LogP contribution is -2.40. The second-order valence-corrected chi connectivity index (χ2v) is 8.20. The largest absolute Gasteiger partial charge is 0.359 e. The van der Waals surface area contributed by atoms with Gasteiger partial charge in [0.15, 0.2) is 5.82 Å². The smallest absolute Gasteiger partial charge is 0.255 e. The first-order valence-electron chi connectivity index (χ1n) is 10.7. The Morgan fingerprint density at radius 1 is 1.19 bits per heavy atom. The van der Waals surface area contributed by atoms with Crippen LogP contribution in [-0.2, 0) is 17.8 Å². The molecule has 0 radical (unpaired) electrons. The van der Waals surface area contributed by atoms with Crippen molar-refractivity contribution in [2.75, 3.05) is 23.8 Å². The number of carbonyl (C=O) groups excluding carboxylic acids is 2. The SMILES string of the molecule is Cc1ccnc(CC(C)N(C)C(=O)c2cnc3c(c2)N(Cc2ccccc2)C(=O)CN3)c1. The van der Waals surface area contributed by atoms with Gasteiger partial charge in [-0.15, -0.1) is 0 Å². The molecule has 0 bridgehead atoms. The summed E-state index contributed by atoms with van der Waals surface area (Å²) in [4.78, 5) is 38.1. The zero-order chi connectivity index (χ0) is 22.7. The van der Waals surface area contributed by atoms with Crippen molar-refractivity contribution < 1.29 is 9.59 Å². The fraction of sp³-hybridized carbons (Fsp3) is 0.280. The van der Waals surface area contributed by atoms with Gasteiger partial charge in [0.25, 0.3) is 5.91 Å². The van der Waals surface area contributed by atoms with Crippen molar-refractivity contribution in [1.82, 2.24) is 14.9 Å². The summed E-state index contributed by atoms with van der Waals surface area (Å²) >= 11 is 0. The molecule has 2 aromatic heterocycles. The summed E-state index contributed by atoms with van der Waals surface area (Å²) in [6, 6.07) is 15.5. The number of carbonyl (C=O) groups is 2. The van der Waals surface area contributed by atoms with Crippen LogP contribution in [-0.4, -0.2) is 46.3 Å². The lowest BCUT2D eigenvalue weighted by atomic mass is 10.1. The number of fused-ring (bicyclic) bond motifs is 1. The maximum atomic E-state index is 13.2. The van der Waals surface area contributed by atoms with Crippen LogP contribution in [0.25, 0.3) is 0 Å². The summed E-state index contributed by atoms with van der Waals surface area (Å²) in [5, 5.41) is 3.05. The first-order chi connectivity index (χ1) is 15.4. The van der Waals surface area contributed by atoms with Gasteiger partial charge in [-0.25, -0.2) is 4.98 Å². The first-order valence-corrected chi connectivity index (χ1v) is 10.7. The summed E-state index contributed by atoms with van der Waals surface area (Å²) < 4.78 is 0. The van der Waals surface area contributed by atoms with Crippen LogP contribution in [0.1, 0.15) is 34.1 Å². The quantitative estimate of drug-likeness (QED) is 0.649. The third-order valence-corrected chi connectivity index (χ3v) is 5.76. The van der Waals surface area contributed by atoms with Crippen LogP contribution >= 0.6 is 0 Å². The van der Waals surface area contributed by atoms with E-state index in [1.165, 1.54) is 0 Å². The number of benzene rings is 1. The van der Waals surface area contributed by atoms with Crippen molar-refractivity contribution in [3.63, 3.8) is 0 Å². The number of hydrogen-bond donors (Lipinski definition) is 1. The molecule has 1 aromatic carbocycles. The number of likely N-dealkylation sites (N-methyl/N-ethyl adjacent to an activating group) is 1. The summed E-state index contributed by atoms with van der Waals surface area (Å²) in [6.45, 7) is 4.64. The van der Waals surface area contributed by atoms with Gasteiger partial charge in [-0.05, 0) is 43.2 Å². The lowest BCUT2D eigenvalue weighted by Gasteiger charge is -2.30. The molecular weight excluding hydrogens is 402 g/mol. The minimum absolute atomic E-state index is 0.0481. The molecule has 2 amide bonds. The Morgan fingerprint density at radius 2 is 1.97 bits per heavy atom. The zero-order valence-corrected chi connectivity index (χ0v) is 18.6. The number of nitrogens with one attached hydrogen (secondary N) is 1. The van der Waals surface area contributed by atoms with E-state index in [1.807, 2.05) is 56.3 Å². The Hall–Kier alpha value is -3.74. The van der Waals surface area contributed by atoms with Crippen LogP contribution in [0.5, 0.6) is 0 Å². The van der Waals surface area contributed by atoms with Gasteiger partial charge in [-0.3, -0.25) is 14.6 Å². The predicted octanol–water partition coefficient (Wildman–Crippen LogP) is 3.45. The van der Waals surface area contributed by atoms with Gasteiger partial charge in [0, 0.05) is 37.6 Å². The van der Waals surface area contributed by atoms with Gasteiger partial charge in [-0.1, -0.05) is 30.3 Å². The zero-order valence-electron chi connectivity index (χ0n) is 18.6. The highest BCUT2D eigenvalue weighted by Crippen LogP contribution is 2.30. The van der Waals surface area contributed by atoms with Crippen LogP contribution < -0.4 is 10.2 Å². The van der Waals surface area contributed by atoms with Crippen LogP contribution in [0.4, 0.5) is 11.5 Å². The lowest BCUT2D eigenvalue weighted by molar-refractivity contribution is -0.117. The van der Waals surface area contributed by atoms with Crippen molar-refractivity contribution in [2.45, 2.75) is 32.9 Å². The van der Waals surface area contributed by atoms with E-state index in [9.17, 15) is 9.59 Å². The van der Waals surface area contributed by atoms with Crippen molar-refractivity contribution in [3.05, 3.63) is 83.3 Å². The van der Waals surface area contributed by atoms with E-state index < -0.39 is 0 Å². The number of aryl methyl sites for hydroxylation is 1. The van der Waals surface area contributed by atoms with Crippen molar-refractivity contribution in [2.24, 2.45) is 0 Å². The van der Waals surface area contributed by atoms with E-state index >= 15 is 0 Å². The van der Waals surface area contributed by atoms with Gasteiger partial charge in [0.2, 0.25) is 5.91 Å². The van der Waals surface area contributed by atoms with Gasteiger partial charge < -0.3 is 15.1 Å². The molecule has 0 spiro atoms. The molecule has 0 saturated carbocycles. The minimum atomic E-state index is -0.141. The second kappa shape index (κ2) is 9.18. The number of pyridine rings is 2. The Labute approximate surface area is 188 Å². The molecule has 1 unspecified atom stereocenters. The summed E-state index contributed by atoms with van der Waals surface area (Å²) in [6.07, 6.45) is 4.01. The molecule has 7 nitrogen and oxygen atoms in total. The normalized spacial score (nSPS) is 13.8. The third-order valence-electron chi connectivity index (χ3n) is 5.76. The molecule has 3 heterocycles. The number of nitrogens with zero attached hydrogens (tertiary/aromatic N) is 4. The number of hydrogen-bond acceptors (Lipinski definition) is 5. The highest BCUT2D eigenvalue weighted by molar-refractivity contribution is 6.04. The van der Waals surface area contributed by atoms with E-state index in [1.54, 1.807) is 35.3 Å². The Balaban J connectivity index is 1.55. The molecule has 0 fully saturated rings. The van der Waals surface area contributed by atoms with Crippen molar-refractivity contribution in [1.29, 1.82) is 0 Å². The Bertz CT molecular complexity index is 1130. The monoisotopic (exact) mass is 429 g/mol. The van der Waals surface area contributed by atoms with E-state index in [4.69, 9.17) is 0 Å². The molecule has 0 saturated heterocycles. The van der Waals surface area contributed by atoms with Crippen LogP contribution in [0, 0.1) is 6.92 Å². The molecule has 0 aliphatic carbocycles. The van der Waals surface area contributed by atoms with Gasteiger partial charge in [-0.2, -0.15) is 0 Å². The molecule has 32 heavy (non-hydrogen) atoms. The fourth-order valence-corrected chi connectivity index (χ4v) is 3.79.